The zero-order chi connectivity index (χ0) is 14.8. The molecule has 1 aromatic carbocycles. The molecule has 0 radical (unpaired) electrons. The highest BCUT2D eigenvalue weighted by atomic mass is 16.4. The molecule has 0 spiro atoms. The van der Waals surface area contributed by atoms with Gasteiger partial charge in [-0.15, -0.1) is 0 Å². The monoisotopic (exact) mass is 277 g/mol. The minimum Gasteiger partial charge on any atom is -0.481 e. The van der Waals surface area contributed by atoms with Gasteiger partial charge in [-0.05, 0) is 29.5 Å². The van der Waals surface area contributed by atoms with Crippen molar-refractivity contribution in [3.8, 4) is 0 Å². The maximum absolute atomic E-state index is 11.4. The lowest BCUT2D eigenvalue weighted by Crippen LogP contribution is -2.27. The van der Waals surface area contributed by atoms with Gasteiger partial charge < -0.3 is 15.3 Å². The number of aliphatic carboxylic acids is 1. The van der Waals surface area contributed by atoms with Gasteiger partial charge in [0.25, 0.3) is 0 Å². The fourth-order valence-corrected chi connectivity index (χ4v) is 2.34. The molecular weight excluding hydrogens is 262 g/mol. The van der Waals surface area contributed by atoms with Gasteiger partial charge in [-0.1, -0.05) is 29.4 Å². The second-order valence-corrected chi connectivity index (χ2v) is 4.90. The summed E-state index contributed by atoms with van der Waals surface area (Å²) in [6, 6.07) is 6.61. The third-order valence-electron chi connectivity index (χ3n) is 3.65. The van der Waals surface area contributed by atoms with Crippen LogP contribution >= 0.6 is 0 Å². The number of azide groups is 1. The Kier molecular flexibility index (Phi) is 3.94. The van der Waals surface area contributed by atoms with Gasteiger partial charge in [-0.25, -0.2) is 0 Å². The Bertz CT molecular complexity index is 564. The minimum atomic E-state index is -1.28. The molecule has 0 bridgehead atoms. The highest BCUT2D eigenvalue weighted by Crippen LogP contribution is 2.50. The summed E-state index contributed by atoms with van der Waals surface area (Å²) in [4.78, 5) is 13.9. The van der Waals surface area contributed by atoms with Gasteiger partial charge in [0.15, 0.2) is 0 Å². The smallest absolute Gasteiger partial charge is 0.314 e. The molecule has 7 heteroatoms. The Hall–Kier alpha value is -2.08. The normalized spacial score (nSPS) is 18.7. The number of nitrogens with zero attached hydrogens (tertiary/aromatic N) is 3. The van der Waals surface area contributed by atoms with E-state index in [2.05, 4.69) is 10.0 Å². The molecule has 1 aromatic rings. The average Bonchev–Trinajstić information content (AvgIpc) is 3.25. The predicted octanol–water partition coefficient (Wildman–Crippen LogP) is 1.51. The molecule has 0 aromatic heterocycles. The number of carbonyl (C=O) groups is 1. The summed E-state index contributed by atoms with van der Waals surface area (Å²) >= 11 is 0. The fourth-order valence-electron chi connectivity index (χ4n) is 2.34. The van der Waals surface area contributed by atoms with E-state index < -0.39 is 23.6 Å². The number of aliphatic hydroxyl groups is 2. The van der Waals surface area contributed by atoms with E-state index in [4.69, 9.17) is 5.53 Å². The number of carboxylic acids is 1. The summed E-state index contributed by atoms with van der Waals surface area (Å²) in [5.41, 5.74) is 8.14. The summed E-state index contributed by atoms with van der Waals surface area (Å²) in [5.74, 6) is -0.929. The van der Waals surface area contributed by atoms with Crippen molar-refractivity contribution in [2.24, 2.45) is 5.11 Å². The van der Waals surface area contributed by atoms with Crippen molar-refractivity contribution in [3.05, 3.63) is 45.8 Å². The molecule has 2 rings (SSSR count). The Morgan fingerprint density at radius 1 is 1.40 bits per heavy atom. The van der Waals surface area contributed by atoms with Gasteiger partial charge in [-0.2, -0.15) is 0 Å². The van der Waals surface area contributed by atoms with Gasteiger partial charge >= 0.3 is 5.97 Å². The molecule has 3 N–H and O–H groups in total. The topological polar surface area (TPSA) is 127 Å². The fraction of sp³-hybridized carbons (Fsp3) is 0.462. The highest BCUT2D eigenvalue weighted by molar-refractivity contribution is 5.85. The predicted molar refractivity (Wildman–Crippen MR) is 70.0 cm³/mol. The minimum absolute atomic E-state index is 0.272. The lowest BCUT2D eigenvalue weighted by Gasteiger charge is -2.22. The van der Waals surface area contributed by atoms with Crippen LogP contribution in [0.3, 0.4) is 0 Å². The molecule has 2 unspecified atom stereocenters. The maximum Gasteiger partial charge on any atom is 0.314 e. The van der Waals surface area contributed by atoms with Crippen molar-refractivity contribution in [3.63, 3.8) is 0 Å². The average molecular weight is 277 g/mol. The first-order valence-electron chi connectivity index (χ1n) is 6.23. The Labute approximate surface area is 115 Å². The molecule has 0 aliphatic heterocycles. The third kappa shape index (κ3) is 2.46. The second-order valence-electron chi connectivity index (χ2n) is 4.90. The van der Waals surface area contributed by atoms with Gasteiger partial charge in [0, 0.05) is 4.91 Å². The number of carboxylic acid groups (broad SMARTS) is 1. The molecule has 0 heterocycles. The van der Waals surface area contributed by atoms with Gasteiger partial charge in [-0.3, -0.25) is 4.79 Å². The van der Waals surface area contributed by atoms with Crippen molar-refractivity contribution in [1.29, 1.82) is 0 Å². The molecule has 2 atom stereocenters. The van der Waals surface area contributed by atoms with Gasteiger partial charge in [0.1, 0.15) is 6.10 Å². The first-order valence-corrected chi connectivity index (χ1v) is 6.23. The van der Waals surface area contributed by atoms with E-state index in [0.717, 1.165) is 0 Å². The van der Waals surface area contributed by atoms with Crippen LogP contribution in [-0.4, -0.2) is 33.9 Å². The van der Waals surface area contributed by atoms with Crippen LogP contribution in [0.2, 0.25) is 0 Å². The van der Waals surface area contributed by atoms with Gasteiger partial charge in [0.2, 0.25) is 0 Å². The van der Waals surface area contributed by atoms with Crippen molar-refractivity contribution < 1.29 is 20.1 Å². The summed E-state index contributed by atoms with van der Waals surface area (Å²) in [6.45, 7) is -0.272. The van der Waals surface area contributed by atoms with E-state index in [9.17, 15) is 20.1 Å². The quantitative estimate of drug-likeness (QED) is 0.413. The molecule has 0 saturated heterocycles. The largest absolute Gasteiger partial charge is 0.481 e. The Morgan fingerprint density at radius 2 is 2.05 bits per heavy atom. The van der Waals surface area contributed by atoms with Crippen molar-refractivity contribution in [2.75, 3.05) is 6.54 Å². The molecule has 0 amide bonds. The Balaban J connectivity index is 2.33. The molecule has 1 aliphatic carbocycles. The summed E-state index contributed by atoms with van der Waals surface area (Å²) in [5, 5.41) is 32.5. The van der Waals surface area contributed by atoms with Crippen molar-refractivity contribution in [2.45, 2.75) is 30.5 Å². The summed E-state index contributed by atoms with van der Waals surface area (Å²) in [7, 11) is 0. The van der Waals surface area contributed by atoms with E-state index in [1.807, 2.05) is 0 Å². The molecule has 1 fully saturated rings. The molecule has 1 aliphatic rings. The number of rotatable bonds is 6. The van der Waals surface area contributed by atoms with E-state index >= 15 is 0 Å². The lowest BCUT2D eigenvalue weighted by atomic mass is 9.87. The van der Waals surface area contributed by atoms with Crippen LogP contribution in [0.25, 0.3) is 10.4 Å². The number of hydrogen-bond acceptors (Lipinski definition) is 4. The lowest BCUT2D eigenvalue weighted by molar-refractivity contribution is -0.140. The van der Waals surface area contributed by atoms with Crippen LogP contribution in [0.5, 0.6) is 0 Å². The van der Waals surface area contributed by atoms with E-state index in [1.54, 1.807) is 24.3 Å². The van der Waals surface area contributed by atoms with Crippen LogP contribution in [0.1, 0.15) is 30.1 Å². The zero-order valence-corrected chi connectivity index (χ0v) is 10.7. The molecule has 1 saturated carbocycles. The zero-order valence-electron chi connectivity index (χ0n) is 10.7. The van der Waals surface area contributed by atoms with E-state index in [1.165, 1.54) is 0 Å². The second kappa shape index (κ2) is 5.50. The third-order valence-corrected chi connectivity index (χ3v) is 3.65. The maximum atomic E-state index is 11.4. The molecule has 106 valence electrons. The van der Waals surface area contributed by atoms with E-state index in [-0.39, 0.29) is 6.54 Å². The Morgan fingerprint density at radius 3 is 2.60 bits per heavy atom. The molecular formula is C13H15N3O4. The SMILES string of the molecule is [N-]=[N+]=NCC(O)C(O)c1ccccc1C1(C(=O)O)CC1. The van der Waals surface area contributed by atoms with E-state index in [0.29, 0.717) is 24.0 Å². The standard InChI is InChI=1S/C13H15N3O4/c14-16-15-7-10(17)11(18)8-3-1-2-4-9(8)13(5-6-13)12(19)20/h1-4,10-11,17-18H,5-7H2,(H,19,20). The summed E-state index contributed by atoms with van der Waals surface area (Å²) < 4.78 is 0. The number of benzene rings is 1. The highest BCUT2D eigenvalue weighted by Gasteiger charge is 2.53. The molecule has 7 nitrogen and oxygen atoms in total. The number of aliphatic hydroxyl groups excluding tert-OH is 2. The van der Waals surface area contributed by atoms with Crippen LogP contribution in [0, 0.1) is 0 Å². The molecule has 20 heavy (non-hydrogen) atoms. The first-order chi connectivity index (χ1) is 9.53. The van der Waals surface area contributed by atoms with Crippen molar-refractivity contribution >= 4 is 5.97 Å². The van der Waals surface area contributed by atoms with Crippen LogP contribution in [0.15, 0.2) is 29.4 Å². The van der Waals surface area contributed by atoms with Gasteiger partial charge in [0.05, 0.1) is 18.1 Å². The summed E-state index contributed by atoms with van der Waals surface area (Å²) in [6.07, 6.45) is -1.53. The first kappa shape index (κ1) is 14.3. The number of hydrogen-bond donors (Lipinski definition) is 3. The van der Waals surface area contributed by atoms with Crippen LogP contribution in [-0.2, 0) is 10.2 Å². The van der Waals surface area contributed by atoms with Crippen molar-refractivity contribution in [1.82, 2.24) is 0 Å². The van der Waals surface area contributed by atoms with Crippen LogP contribution < -0.4 is 0 Å². The van der Waals surface area contributed by atoms with Crippen LogP contribution in [0.4, 0.5) is 0 Å².